The van der Waals surface area contributed by atoms with Crippen LogP contribution in [0.15, 0.2) is 65.5 Å². The number of imide groups is 1. The molecule has 2 atom stereocenters. The van der Waals surface area contributed by atoms with Gasteiger partial charge in [-0.2, -0.15) is 0 Å². The SMILES string of the molecule is Cn1c(=O)n(C2CCC(=O)NC2=O)c2ccc(C3CCN(C(=O)Nc4cccc(CSN5CCC(Nc6cccc(-c7sc(C(=O)O)c(OCC(=O)O)c7Cl)c6)CC5(C)C)c4F)CC3)cc21. The first kappa shape index (κ1) is 46.6. The highest BCUT2D eigenvalue weighted by Crippen LogP contribution is 2.46. The molecule has 0 saturated carbocycles. The number of aromatic nitrogens is 2. The number of ether oxygens (including phenoxy) is 1. The molecule has 2 unspecified atom stereocenters. The second-order valence-electron chi connectivity index (χ2n) is 17.4. The number of nitrogens with zero attached hydrogens (tertiary/aromatic N) is 4. The van der Waals surface area contributed by atoms with Gasteiger partial charge in [-0.3, -0.25) is 24.0 Å². The number of carbonyl (C=O) groups is 5. The van der Waals surface area contributed by atoms with Gasteiger partial charge in [-0.25, -0.2) is 27.9 Å². The van der Waals surface area contributed by atoms with Crippen molar-refractivity contribution >= 4 is 87.1 Å². The molecule has 16 nitrogen and oxygen atoms in total. The summed E-state index contributed by atoms with van der Waals surface area (Å²) >= 11 is 8.99. The lowest BCUT2D eigenvalue weighted by Gasteiger charge is -2.45. The molecule has 3 aliphatic rings. The van der Waals surface area contributed by atoms with Crippen LogP contribution in [0.4, 0.5) is 20.6 Å². The van der Waals surface area contributed by atoms with Gasteiger partial charge in [-0.15, -0.1) is 11.3 Å². The van der Waals surface area contributed by atoms with E-state index in [1.807, 2.05) is 36.4 Å². The lowest BCUT2D eigenvalue weighted by molar-refractivity contribution is -0.139. The molecule has 66 heavy (non-hydrogen) atoms. The number of anilines is 2. The molecule has 0 spiro atoms. The lowest BCUT2D eigenvalue weighted by Crippen LogP contribution is -2.49. The molecule has 0 bridgehead atoms. The van der Waals surface area contributed by atoms with Crippen molar-refractivity contribution in [3.63, 3.8) is 0 Å². The minimum atomic E-state index is -1.27. The zero-order valence-electron chi connectivity index (χ0n) is 36.4. The number of amides is 4. The Morgan fingerprint density at radius 3 is 2.45 bits per heavy atom. The second kappa shape index (κ2) is 19.1. The van der Waals surface area contributed by atoms with Crippen LogP contribution in [-0.2, 0) is 27.2 Å². The van der Waals surface area contributed by atoms with Crippen LogP contribution in [-0.4, -0.2) is 96.2 Å². The van der Waals surface area contributed by atoms with E-state index in [0.29, 0.717) is 65.3 Å². The van der Waals surface area contributed by atoms with Crippen molar-refractivity contribution in [3.8, 4) is 16.2 Å². The monoisotopic (exact) mass is 961 g/mol. The maximum absolute atomic E-state index is 16.0. The molecule has 5 aromatic rings. The van der Waals surface area contributed by atoms with Crippen LogP contribution in [0.5, 0.6) is 5.75 Å². The van der Waals surface area contributed by atoms with Crippen LogP contribution in [0, 0.1) is 5.82 Å². The van der Waals surface area contributed by atoms with E-state index in [9.17, 15) is 33.9 Å². The Morgan fingerprint density at radius 2 is 1.74 bits per heavy atom. The van der Waals surface area contributed by atoms with E-state index in [1.54, 1.807) is 36.2 Å². The van der Waals surface area contributed by atoms with Gasteiger partial charge >= 0.3 is 23.7 Å². The summed E-state index contributed by atoms with van der Waals surface area (Å²) in [7, 11) is 1.66. The number of thiophene rings is 1. The number of likely N-dealkylation sites (tertiary alicyclic amines) is 1. The van der Waals surface area contributed by atoms with Crippen molar-refractivity contribution in [1.82, 2.24) is 23.7 Å². The first-order valence-corrected chi connectivity index (χ1v) is 23.7. The van der Waals surface area contributed by atoms with E-state index in [1.165, 1.54) is 21.1 Å². The predicted octanol–water partition coefficient (Wildman–Crippen LogP) is 7.92. The molecular formula is C46H49ClFN7O9S2. The largest absolute Gasteiger partial charge is 0.479 e. The third kappa shape index (κ3) is 9.65. The number of carboxylic acids is 2. The first-order chi connectivity index (χ1) is 31.5. The molecular weight excluding hydrogens is 913 g/mol. The van der Waals surface area contributed by atoms with Crippen LogP contribution in [0.3, 0.4) is 0 Å². The number of nitrogens with one attached hydrogen (secondary N) is 3. The third-order valence-electron chi connectivity index (χ3n) is 12.5. The molecule has 20 heteroatoms. The molecule has 5 N–H and O–H groups in total. The maximum Gasteiger partial charge on any atom is 0.349 e. The maximum atomic E-state index is 16.0. The number of benzene rings is 3. The minimum Gasteiger partial charge on any atom is -0.479 e. The Balaban J connectivity index is 0.841. The number of halogens is 2. The lowest BCUT2D eigenvalue weighted by atomic mass is 9.89. The van der Waals surface area contributed by atoms with Gasteiger partial charge < -0.3 is 30.5 Å². The van der Waals surface area contributed by atoms with Crippen molar-refractivity contribution in [2.45, 2.75) is 81.7 Å². The first-order valence-electron chi connectivity index (χ1n) is 21.5. The van der Waals surface area contributed by atoms with E-state index in [0.717, 1.165) is 35.4 Å². The van der Waals surface area contributed by atoms with Crippen LogP contribution in [0.2, 0.25) is 5.02 Å². The highest BCUT2D eigenvalue weighted by atomic mass is 35.5. The van der Waals surface area contributed by atoms with E-state index < -0.39 is 36.3 Å². The van der Waals surface area contributed by atoms with Gasteiger partial charge in [0.25, 0.3) is 0 Å². The fourth-order valence-electron chi connectivity index (χ4n) is 9.13. The molecule has 8 rings (SSSR count). The minimum absolute atomic E-state index is 0.0366. The zero-order chi connectivity index (χ0) is 47.0. The van der Waals surface area contributed by atoms with Gasteiger partial charge in [0.15, 0.2) is 23.1 Å². The second-order valence-corrected chi connectivity index (χ2v) is 19.8. The number of carboxylic acid groups (broad SMARTS) is 2. The smallest absolute Gasteiger partial charge is 0.349 e. The summed E-state index contributed by atoms with van der Waals surface area (Å²) in [5.41, 5.74) is 3.76. The molecule has 3 saturated heterocycles. The Bertz CT molecular complexity index is 2800. The summed E-state index contributed by atoms with van der Waals surface area (Å²) in [5, 5.41) is 27.5. The highest BCUT2D eigenvalue weighted by Gasteiger charge is 2.36. The van der Waals surface area contributed by atoms with Crippen molar-refractivity contribution in [3.05, 3.63) is 98.0 Å². The summed E-state index contributed by atoms with van der Waals surface area (Å²) in [4.78, 5) is 76.0. The molecule has 0 radical (unpaired) electrons. The fourth-order valence-corrected chi connectivity index (χ4v) is 11.7. The number of hydrogen-bond donors (Lipinski definition) is 5. The van der Waals surface area contributed by atoms with Crippen LogP contribution >= 0.6 is 34.9 Å². The number of imidazole rings is 1. The standard InChI is InChI=1S/C46H49ClFN7O9S2/c1-46(2)22-30(49-29-8-4-6-27(20-29)40-37(47)39(64-23-36(57)58)41(66-40)43(60)61)16-19-54(46)65-24-28-7-5-9-31(38(28)48)50-44(62)53-17-14-25(15-18-53)26-10-11-32-34(21-26)52(3)45(63)55(32)33-12-13-35(56)51-42(33)59/h4-11,20-21,25,30,33,49H,12-19,22-24H2,1-3H3,(H,50,62)(H,57,58)(H,60,61)(H,51,56,59). The number of fused-ring (bicyclic) bond motifs is 1. The molecule has 348 valence electrons. The molecule has 3 fully saturated rings. The van der Waals surface area contributed by atoms with Crippen molar-refractivity contribution in [2.24, 2.45) is 7.05 Å². The number of carbonyl (C=O) groups excluding carboxylic acids is 3. The number of aliphatic carboxylic acids is 1. The third-order valence-corrected chi connectivity index (χ3v) is 15.6. The summed E-state index contributed by atoms with van der Waals surface area (Å²) in [6, 6.07) is 17.2. The molecule has 3 aromatic carbocycles. The summed E-state index contributed by atoms with van der Waals surface area (Å²) in [6.45, 7) is 5.17. The zero-order valence-corrected chi connectivity index (χ0v) is 38.8. The van der Waals surface area contributed by atoms with Gasteiger partial charge in [-0.05, 0) is 93.3 Å². The molecule has 3 aliphatic heterocycles. The Kier molecular flexibility index (Phi) is 13.5. The number of aryl methyl sites for hydroxylation is 1. The van der Waals surface area contributed by atoms with Gasteiger partial charge in [0.05, 0.1) is 21.6 Å². The van der Waals surface area contributed by atoms with E-state index >= 15 is 4.39 Å². The number of aromatic carboxylic acids is 1. The van der Waals surface area contributed by atoms with Crippen molar-refractivity contribution in [1.29, 1.82) is 0 Å². The Labute approximate surface area is 392 Å². The van der Waals surface area contributed by atoms with Gasteiger partial charge in [-0.1, -0.05) is 53.9 Å². The topological polar surface area (TPSA) is 205 Å². The van der Waals surface area contributed by atoms with E-state index in [2.05, 4.69) is 34.1 Å². The Morgan fingerprint density at radius 1 is 0.985 bits per heavy atom. The highest BCUT2D eigenvalue weighted by molar-refractivity contribution is 7.96. The number of piperidine rings is 3. The van der Waals surface area contributed by atoms with Crippen LogP contribution in [0.1, 0.15) is 85.1 Å². The average molecular weight is 963 g/mol. The summed E-state index contributed by atoms with van der Waals surface area (Å²) in [6.07, 6.45) is 3.31. The quantitative estimate of drug-likeness (QED) is 0.0564. The van der Waals surface area contributed by atoms with Crippen LogP contribution < -0.4 is 26.4 Å². The van der Waals surface area contributed by atoms with Crippen molar-refractivity contribution < 1.29 is 43.3 Å². The number of rotatable bonds is 13. The average Bonchev–Trinajstić information content (AvgIpc) is 3.74. The van der Waals surface area contributed by atoms with Gasteiger partial charge in [0, 0.05) is 61.7 Å². The molecule has 2 aromatic heterocycles. The molecule has 0 aliphatic carbocycles. The molecule has 4 amide bonds. The predicted molar refractivity (Wildman–Crippen MR) is 251 cm³/mol. The van der Waals surface area contributed by atoms with Crippen LogP contribution in [0.25, 0.3) is 21.5 Å². The summed E-state index contributed by atoms with van der Waals surface area (Å²) < 4.78 is 26.5. The van der Waals surface area contributed by atoms with Gasteiger partial charge in [0.2, 0.25) is 11.8 Å². The molecule has 5 heterocycles. The van der Waals surface area contributed by atoms with Gasteiger partial charge in [0.1, 0.15) is 11.1 Å². The van der Waals surface area contributed by atoms with E-state index in [4.69, 9.17) is 21.4 Å². The number of hydrogen-bond acceptors (Lipinski definition) is 11. The summed E-state index contributed by atoms with van der Waals surface area (Å²) in [5.74, 6) is -3.53. The fraction of sp³-hybridized carbons (Fsp3) is 0.391. The normalized spacial score (nSPS) is 19.1. The number of urea groups is 1. The van der Waals surface area contributed by atoms with E-state index in [-0.39, 0.29) is 69.3 Å². The Hall–Kier alpha value is -5.89. The van der Waals surface area contributed by atoms with Crippen molar-refractivity contribution in [2.75, 3.05) is 36.9 Å².